The minimum Gasteiger partial charge on any atom is -0.390 e. The summed E-state index contributed by atoms with van der Waals surface area (Å²) in [4.78, 5) is 0. The Bertz CT molecular complexity index is 143. The second-order valence-corrected chi connectivity index (χ2v) is 4.75. The molecule has 0 bridgehead atoms. The van der Waals surface area contributed by atoms with E-state index in [2.05, 4.69) is 6.92 Å². The van der Waals surface area contributed by atoms with E-state index in [1.54, 1.807) is 0 Å². The first-order valence-electron chi connectivity index (χ1n) is 6.60. The number of rotatable bonds is 10. The predicted octanol–water partition coefficient (Wildman–Crippen LogP) is 3.13. The highest BCUT2D eigenvalue weighted by molar-refractivity contribution is 4.80. The zero-order valence-corrected chi connectivity index (χ0v) is 10.1. The van der Waals surface area contributed by atoms with E-state index in [1.165, 1.54) is 44.9 Å². The number of hydrogen-bond donors (Lipinski definition) is 1. The van der Waals surface area contributed by atoms with Crippen LogP contribution < -0.4 is 0 Å². The van der Waals surface area contributed by atoms with Crippen LogP contribution in [0.3, 0.4) is 0 Å². The molecule has 1 rings (SSSR count). The number of unbranched alkanes of at least 4 members (excludes halogenated alkanes) is 5. The Hall–Kier alpha value is -0.0800. The van der Waals surface area contributed by atoms with E-state index in [9.17, 15) is 5.11 Å². The molecule has 0 amide bonds. The highest BCUT2D eigenvalue weighted by Crippen LogP contribution is 2.32. The third-order valence-corrected chi connectivity index (χ3v) is 3.10. The molecular weight excluding hydrogens is 188 g/mol. The van der Waals surface area contributed by atoms with Gasteiger partial charge in [-0.1, -0.05) is 39.0 Å². The first-order valence-corrected chi connectivity index (χ1v) is 6.60. The number of ether oxygens (including phenoxy) is 1. The molecule has 0 aromatic rings. The summed E-state index contributed by atoms with van der Waals surface area (Å²) in [6, 6.07) is 0. The van der Waals surface area contributed by atoms with Crippen molar-refractivity contribution in [2.75, 3.05) is 13.2 Å². The Kier molecular flexibility index (Phi) is 7.03. The van der Waals surface area contributed by atoms with E-state index < -0.39 is 0 Å². The summed E-state index contributed by atoms with van der Waals surface area (Å²) >= 11 is 0. The zero-order chi connectivity index (χ0) is 10.9. The van der Waals surface area contributed by atoms with Crippen LogP contribution in [0.2, 0.25) is 0 Å². The molecule has 0 aromatic carbocycles. The Morgan fingerprint density at radius 3 is 2.47 bits per heavy atom. The van der Waals surface area contributed by atoms with Crippen molar-refractivity contribution < 1.29 is 9.84 Å². The van der Waals surface area contributed by atoms with E-state index >= 15 is 0 Å². The van der Waals surface area contributed by atoms with Crippen molar-refractivity contribution in [2.45, 2.75) is 64.4 Å². The Morgan fingerprint density at radius 1 is 1.13 bits per heavy atom. The van der Waals surface area contributed by atoms with Crippen molar-refractivity contribution in [1.82, 2.24) is 0 Å². The maximum Gasteiger partial charge on any atom is 0.0801 e. The molecule has 0 saturated heterocycles. The highest BCUT2D eigenvalue weighted by atomic mass is 16.5. The molecule has 0 spiro atoms. The van der Waals surface area contributed by atoms with Gasteiger partial charge in [0.1, 0.15) is 0 Å². The van der Waals surface area contributed by atoms with Crippen molar-refractivity contribution in [3.8, 4) is 0 Å². The largest absolute Gasteiger partial charge is 0.390 e. The SMILES string of the molecule is CCCCCCCCOCC(O)C1CC1. The normalized spacial score (nSPS) is 18.0. The summed E-state index contributed by atoms with van der Waals surface area (Å²) in [6.07, 6.45) is 10.0. The number of aliphatic hydroxyl groups excluding tert-OH is 1. The standard InChI is InChI=1S/C13H26O2/c1-2-3-4-5-6-7-10-15-11-13(14)12-8-9-12/h12-14H,2-11H2,1H3. The van der Waals surface area contributed by atoms with E-state index in [0.29, 0.717) is 12.5 Å². The van der Waals surface area contributed by atoms with Gasteiger partial charge in [0.05, 0.1) is 12.7 Å². The lowest BCUT2D eigenvalue weighted by Gasteiger charge is -2.09. The van der Waals surface area contributed by atoms with Gasteiger partial charge < -0.3 is 9.84 Å². The second kappa shape index (κ2) is 8.12. The minimum atomic E-state index is -0.190. The summed E-state index contributed by atoms with van der Waals surface area (Å²) in [5.41, 5.74) is 0. The average Bonchev–Trinajstić information content (AvgIpc) is 3.05. The topological polar surface area (TPSA) is 29.5 Å². The Balaban J connectivity index is 1.72. The van der Waals surface area contributed by atoms with Gasteiger partial charge in [0.25, 0.3) is 0 Å². The van der Waals surface area contributed by atoms with E-state index in [-0.39, 0.29) is 6.10 Å². The van der Waals surface area contributed by atoms with Crippen LogP contribution in [0.15, 0.2) is 0 Å². The zero-order valence-electron chi connectivity index (χ0n) is 10.1. The average molecular weight is 214 g/mol. The lowest BCUT2D eigenvalue weighted by Crippen LogP contribution is -2.17. The van der Waals surface area contributed by atoms with Gasteiger partial charge in [0.15, 0.2) is 0 Å². The van der Waals surface area contributed by atoms with Gasteiger partial charge in [-0.15, -0.1) is 0 Å². The van der Waals surface area contributed by atoms with Gasteiger partial charge in [-0.25, -0.2) is 0 Å². The summed E-state index contributed by atoms with van der Waals surface area (Å²) in [7, 11) is 0. The molecule has 1 saturated carbocycles. The lowest BCUT2D eigenvalue weighted by atomic mass is 10.1. The quantitative estimate of drug-likeness (QED) is 0.566. The van der Waals surface area contributed by atoms with Crippen molar-refractivity contribution in [2.24, 2.45) is 5.92 Å². The van der Waals surface area contributed by atoms with Crippen molar-refractivity contribution in [3.63, 3.8) is 0 Å². The lowest BCUT2D eigenvalue weighted by molar-refractivity contribution is 0.0241. The van der Waals surface area contributed by atoms with Crippen LogP contribution >= 0.6 is 0 Å². The van der Waals surface area contributed by atoms with Crippen molar-refractivity contribution >= 4 is 0 Å². The van der Waals surface area contributed by atoms with E-state index in [4.69, 9.17) is 4.74 Å². The molecule has 1 aliphatic carbocycles. The van der Waals surface area contributed by atoms with Crippen molar-refractivity contribution in [3.05, 3.63) is 0 Å². The van der Waals surface area contributed by atoms with Crippen LogP contribution in [0.4, 0.5) is 0 Å². The second-order valence-electron chi connectivity index (χ2n) is 4.75. The molecule has 1 N–H and O–H groups in total. The summed E-state index contributed by atoms with van der Waals surface area (Å²) < 4.78 is 5.45. The first-order chi connectivity index (χ1) is 7.34. The van der Waals surface area contributed by atoms with Gasteiger partial charge in [0.2, 0.25) is 0 Å². The van der Waals surface area contributed by atoms with Crippen LogP contribution in [0.5, 0.6) is 0 Å². The van der Waals surface area contributed by atoms with Gasteiger partial charge in [-0.05, 0) is 25.2 Å². The molecule has 0 heterocycles. The molecule has 1 unspecified atom stereocenters. The van der Waals surface area contributed by atoms with Gasteiger partial charge in [-0.2, -0.15) is 0 Å². The predicted molar refractivity (Wildman–Crippen MR) is 62.9 cm³/mol. The molecule has 1 fully saturated rings. The van der Waals surface area contributed by atoms with Crippen LogP contribution in [0, 0.1) is 5.92 Å². The molecule has 2 heteroatoms. The van der Waals surface area contributed by atoms with Crippen LogP contribution in [-0.2, 0) is 4.74 Å². The highest BCUT2D eigenvalue weighted by Gasteiger charge is 2.29. The molecule has 0 aromatic heterocycles. The number of hydrogen-bond acceptors (Lipinski definition) is 2. The Labute approximate surface area is 94.0 Å². The van der Waals surface area contributed by atoms with Gasteiger partial charge in [-0.3, -0.25) is 0 Å². The van der Waals surface area contributed by atoms with Gasteiger partial charge in [0, 0.05) is 6.61 Å². The van der Waals surface area contributed by atoms with Crippen LogP contribution in [0.1, 0.15) is 58.3 Å². The maximum absolute atomic E-state index is 9.54. The van der Waals surface area contributed by atoms with Crippen LogP contribution in [-0.4, -0.2) is 24.4 Å². The number of aliphatic hydroxyl groups is 1. The molecule has 0 radical (unpaired) electrons. The molecule has 1 aliphatic rings. The van der Waals surface area contributed by atoms with Crippen LogP contribution in [0.25, 0.3) is 0 Å². The molecule has 1 atom stereocenters. The summed E-state index contributed by atoms with van der Waals surface area (Å²) in [6.45, 7) is 3.62. The summed E-state index contributed by atoms with van der Waals surface area (Å²) in [5, 5.41) is 9.54. The van der Waals surface area contributed by atoms with E-state index in [0.717, 1.165) is 13.0 Å². The fourth-order valence-electron chi connectivity index (χ4n) is 1.81. The van der Waals surface area contributed by atoms with E-state index in [1.807, 2.05) is 0 Å². The molecular formula is C13H26O2. The Morgan fingerprint density at radius 2 is 1.80 bits per heavy atom. The molecule has 2 nitrogen and oxygen atoms in total. The smallest absolute Gasteiger partial charge is 0.0801 e. The van der Waals surface area contributed by atoms with Gasteiger partial charge >= 0.3 is 0 Å². The molecule has 90 valence electrons. The molecule has 15 heavy (non-hydrogen) atoms. The summed E-state index contributed by atoms with van der Waals surface area (Å²) in [5.74, 6) is 0.551. The monoisotopic (exact) mass is 214 g/mol. The fourth-order valence-corrected chi connectivity index (χ4v) is 1.81. The minimum absolute atomic E-state index is 0.190. The third-order valence-electron chi connectivity index (χ3n) is 3.10. The first kappa shape index (κ1) is 13.0. The fraction of sp³-hybridized carbons (Fsp3) is 1.00. The van der Waals surface area contributed by atoms with Crippen molar-refractivity contribution in [1.29, 1.82) is 0 Å². The third kappa shape index (κ3) is 6.91. The maximum atomic E-state index is 9.54. The molecule has 0 aliphatic heterocycles.